The highest BCUT2D eigenvalue weighted by atomic mass is 16.5. The fourth-order valence-electron chi connectivity index (χ4n) is 3.26. The second kappa shape index (κ2) is 4.99. The minimum absolute atomic E-state index is 0.0587. The first-order valence-corrected chi connectivity index (χ1v) is 7.69. The van der Waals surface area contributed by atoms with E-state index in [1.165, 1.54) is 12.8 Å². The summed E-state index contributed by atoms with van der Waals surface area (Å²) in [7, 11) is 0. The van der Waals surface area contributed by atoms with Gasteiger partial charge in [0, 0.05) is 5.41 Å². The molecule has 0 spiro atoms. The van der Waals surface area contributed by atoms with Gasteiger partial charge in [-0.25, -0.2) is 0 Å². The molecule has 2 aliphatic carbocycles. The Bertz CT molecular complexity index is 500. The minimum Gasteiger partial charge on any atom is -0.338 e. The highest BCUT2D eigenvalue weighted by Crippen LogP contribution is 2.43. The molecule has 0 aromatic carbocycles. The molecule has 1 fully saturated rings. The average Bonchev–Trinajstić information content (AvgIpc) is 3.09. The lowest BCUT2D eigenvalue weighted by Crippen LogP contribution is -2.28. The molecule has 1 aromatic rings. The van der Waals surface area contributed by atoms with Crippen LogP contribution >= 0.6 is 0 Å². The summed E-state index contributed by atoms with van der Waals surface area (Å²) in [4.78, 5) is 4.52. The van der Waals surface area contributed by atoms with Crippen molar-refractivity contribution in [1.29, 1.82) is 0 Å². The molecule has 4 nitrogen and oxygen atoms in total. The van der Waals surface area contributed by atoms with Crippen LogP contribution in [0.2, 0.25) is 0 Å². The number of aromatic nitrogens is 2. The van der Waals surface area contributed by atoms with Crippen molar-refractivity contribution in [2.45, 2.75) is 52.0 Å². The van der Waals surface area contributed by atoms with Crippen LogP contribution in [0.25, 0.3) is 0 Å². The van der Waals surface area contributed by atoms with E-state index in [1.54, 1.807) is 0 Å². The van der Waals surface area contributed by atoms with Crippen molar-refractivity contribution in [3.05, 3.63) is 23.9 Å². The van der Waals surface area contributed by atoms with Crippen molar-refractivity contribution in [3.63, 3.8) is 0 Å². The second-order valence-corrected chi connectivity index (χ2v) is 7.38. The van der Waals surface area contributed by atoms with Gasteiger partial charge in [-0.15, -0.1) is 0 Å². The summed E-state index contributed by atoms with van der Waals surface area (Å²) >= 11 is 0. The van der Waals surface area contributed by atoms with E-state index in [0.29, 0.717) is 5.89 Å². The lowest BCUT2D eigenvalue weighted by Gasteiger charge is -2.20. The van der Waals surface area contributed by atoms with Gasteiger partial charge in [0.1, 0.15) is 0 Å². The first kappa shape index (κ1) is 13.8. The molecule has 1 saturated carbocycles. The van der Waals surface area contributed by atoms with Gasteiger partial charge in [0.15, 0.2) is 5.82 Å². The number of nitrogens with one attached hydrogen (secondary N) is 1. The van der Waals surface area contributed by atoms with Gasteiger partial charge < -0.3 is 9.84 Å². The third-order valence-corrected chi connectivity index (χ3v) is 4.59. The van der Waals surface area contributed by atoms with Crippen molar-refractivity contribution in [1.82, 2.24) is 15.5 Å². The molecule has 1 heterocycles. The zero-order valence-corrected chi connectivity index (χ0v) is 12.9. The number of rotatable bonds is 4. The van der Waals surface area contributed by atoms with Crippen LogP contribution < -0.4 is 5.32 Å². The van der Waals surface area contributed by atoms with Gasteiger partial charge in [-0.3, -0.25) is 0 Å². The molecule has 0 radical (unpaired) electrons. The van der Waals surface area contributed by atoms with Gasteiger partial charge in [0.05, 0.1) is 6.04 Å². The Labute approximate surface area is 121 Å². The van der Waals surface area contributed by atoms with Crippen molar-refractivity contribution in [3.8, 4) is 0 Å². The van der Waals surface area contributed by atoms with Gasteiger partial charge in [0.25, 0.3) is 0 Å². The SMILES string of the molecule is CC(NCC1CC2C=CC1C2)c1nc(C(C)(C)C)no1. The van der Waals surface area contributed by atoms with Crippen molar-refractivity contribution in [2.75, 3.05) is 6.54 Å². The predicted octanol–water partition coefficient (Wildman–Crippen LogP) is 3.23. The van der Waals surface area contributed by atoms with Crippen LogP contribution in [0.1, 0.15) is 58.3 Å². The molecule has 20 heavy (non-hydrogen) atoms. The van der Waals surface area contributed by atoms with E-state index in [2.05, 4.69) is 55.3 Å². The van der Waals surface area contributed by atoms with Crippen LogP contribution in [0.15, 0.2) is 16.7 Å². The second-order valence-electron chi connectivity index (χ2n) is 7.38. The number of fused-ring (bicyclic) bond motifs is 2. The molecule has 1 N–H and O–H groups in total. The smallest absolute Gasteiger partial charge is 0.243 e. The number of nitrogens with zero attached hydrogens (tertiary/aromatic N) is 2. The van der Waals surface area contributed by atoms with Crippen molar-refractivity contribution >= 4 is 0 Å². The zero-order valence-electron chi connectivity index (χ0n) is 12.9. The van der Waals surface area contributed by atoms with E-state index in [-0.39, 0.29) is 11.5 Å². The van der Waals surface area contributed by atoms with E-state index in [1.807, 2.05) is 0 Å². The maximum Gasteiger partial charge on any atom is 0.243 e. The minimum atomic E-state index is -0.0587. The lowest BCUT2D eigenvalue weighted by atomic mass is 9.93. The molecule has 2 bridgehead atoms. The van der Waals surface area contributed by atoms with E-state index in [4.69, 9.17) is 4.52 Å². The molecule has 0 amide bonds. The van der Waals surface area contributed by atoms with Crippen LogP contribution in [-0.4, -0.2) is 16.7 Å². The molecule has 4 heteroatoms. The Balaban J connectivity index is 1.55. The lowest BCUT2D eigenvalue weighted by molar-refractivity contribution is 0.314. The normalized spacial score (nSPS) is 30.1. The highest BCUT2D eigenvalue weighted by molar-refractivity contribution is 5.10. The quantitative estimate of drug-likeness (QED) is 0.857. The first-order chi connectivity index (χ1) is 9.43. The van der Waals surface area contributed by atoms with E-state index < -0.39 is 0 Å². The number of hydrogen-bond donors (Lipinski definition) is 1. The zero-order chi connectivity index (χ0) is 14.3. The Morgan fingerprint density at radius 2 is 2.15 bits per heavy atom. The molecule has 1 aromatic heterocycles. The summed E-state index contributed by atoms with van der Waals surface area (Å²) < 4.78 is 5.39. The third-order valence-electron chi connectivity index (χ3n) is 4.59. The molecule has 4 unspecified atom stereocenters. The molecule has 2 aliphatic rings. The number of allylic oxidation sites excluding steroid dienone is 2. The third kappa shape index (κ3) is 2.66. The maximum absolute atomic E-state index is 5.39. The Kier molecular flexibility index (Phi) is 3.44. The van der Waals surface area contributed by atoms with Crippen LogP contribution in [0.4, 0.5) is 0 Å². The van der Waals surface area contributed by atoms with E-state index in [9.17, 15) is 0 Å². The monoisotopic (exact) mass is 275 g/mol. The molecule has 3 rings (SSSR count). The fraction of sp³-hybridized carbons (Fsp3) is 0.750. The van der Waals surface area contributed by atoms with Crippen LogP contribution in [-0.2, 0) is 5.41 Å². The summed E-state index contributed by atoms with van der Waals surface area (Å²) in [5.74, 6) is 3.88. The van der Waals surface area contributed by atoms with Gasteiger partial charge >= 0.3 is 0 Å². The summed E-state index contributed by atoms with van der Waals surface area (Å²) in [6.45, 7) is 9.44. The maximum atomic E-state index is 5.39. The molecular weight excluding hydrogens is 250 g/mol. The standard InChI is InChI=1S/C16H25N3O/c1-10(14-18-15(19-20-14)16(2,3)4)17-9-13-8-11-5-6-12(13)7-11/h5-6,10-13,17H,7-9H2,1-4H3. The van der Waals surface area contributed by atoms with E-state index >= 15 is 0 Å². The van der Waals surface area contributed by atoms with Gasteiger partial charge in [0.2, 0.25) is 5.89 Å². The molecule has 110 valence electrons. The summed E-state index contributed by atoms with van der Waals surface area (Å²) in [6.07, 6.45) is 7.47. The highest BCUT2D eigenvalue weighted by Gasteiger charge is 2.35. The van der Waals surface area contributed by atoms with Gasteiger partial charge in [-0.05, 0) is 44.1 Å². The Morgan fingerprint density at radius 3 is 2.70 bits per heavy atom. The number of hydrogen-bond acceptors (Lipinski definition) is 4. The topological polar surface area (TPSA) is 51.0 Å². The molecular formula is C16H25N3O. The van der Waals surface area contributed by atoms with Gasteiger partial charge in [-0.1, -0.05) is 38.1 Å². The fourth-order valence-corrected chi connectivity index (χ4v) is 3.26. The largest absolute Gasteiger partial charge is 0.338 e. The summed E-state index contributed by atoms with van der Waals surface area (Å²) in [5.41, 5.74) is -0.0587. The Hall–Kier alpha value is -1.16. The van der Waals surface area contributed by atoms with Crippen LogP contribution in [0.3, 0.4) is 0 Å². The van der Waals surface area contributed by atoms with Crippen molar-refractivity contribution in [2.24, 2.45) is 17.8 Å². The molecule has 0 saturated heterocycles. The molecule has 0 aliphatic heterocycles. The average molecular weight is 275 g/mol. The summed E-state index contributed by atoms with van der Waals surface area (Å²) in [5, 5.41) is 7.65. The van der Waals surface area contributed by atoms with Crippen LogP contribution in [0, 0.1) is 17.8 Å². The molecule has 4 atom stereocenters. The van der Waals surface area contributed by atoms with Crippen LogP contribution in [0.5, 0.6) is 0 Å². The Morgan fingerprint density at radius 1 is 1.35 bits per heavy atom. The van der Waals surface area contributed by atoms with Gasteiger partial charge in [-0.2, -0.15) is 4.98 Å². The summed E-state index contributed by atoms with van der Waals surface area (Å²) in [6, 6.07) is 0.127. The first-order valence-electron chi connectivity index (χ1n) is 7.69. The van der Waals surface area contributed by atoms with E-state index in [0.717, 1.165) is 30.1 Å². The predicted molar refractivity (Wildman–Crippen MR) is 78.3 cm³/mol. The van der Waals surface area contributed by atoms with Crippen molar-refractivity contribution < 1.29 is 4.52 Å².